The summed E-state index contributed by atoms with van der Waals surface area (Å²) in [6.07, 6.45) is 0. The Labute approximate surface area is 164 Å². The first-order valence-corrected chi connectivity index (χ1v) is 8.69. The van der Waals surface area contributed by atoms with Crippen LogP contribution in [-0.2, 0) is 0 Å². The van der Waals surface area contributed by atoms with E-state index in [0.717, 1.165) is 16.8 Å². The van der Waals surface area contributed by atoms with Gasteiger partial charge in [-0.15, -0.1) is 0 Å². The van der Waals surface area contributed by atoms with Gasteiger partial charge in [-0.2, -0.15) is 5.10 Å². The van der Waals surface area contributed by atoms with Gasteiger partial charge in [0.05, 0.1) is 30.3 Å². The van der Waals surface area contributed by atoms with Gasteiger partial charge in [0.1, 0.15) is 17.2 Å². The van der Waals surface area contributed by atoms with Gasteiger partial charge in [0.2, 0.25) is 0 Å². The van der Waals surface area contributed by atoms with E-state index < -0.39 is 0 Å². The van der Waals surface area contributed by atoms with Crippen LogP contribution in [0.25, 0.3) is 22.6 Å². The van der Waals surface area contributed by atoms with Crippen LogP contribution in [0.2, 0.25) is 5.02 Å². The normalized spacial score (nSPS) is 10.8. The summed E-state index contributed by atoms with van der Waals surface area (Å²) in [7, 11) is 3.12. The van der Waals surface area contributed by atoms with Crippen LogP contribution in [0.4, 0.5) is 5.82 Å². The Balaban J connectivity index is 1.54. The number of anilines is 1. The van der Waals surface area contributed by atoms with Crippen LogP contribution < -0.4 is 14.8 Å². The zero-order valence-electron chi connectivity index (χ0n) is 15.0. The van der Waals surface area contributed by atoms with Crippen LogP contribution in [0.3, 0.4) is 0 Å². The van der Waals surface area contributed by atoms with Crippen molar-refractivity contribution in [2.45, 2.75) is 0 Å². The average molecular weight is 398 g/mol. The van der Waals surface area contributed by atoms with Gasteiger partial charge in [-0.1, -0.05) is 11.6 Å². The van der Waals surface area contributed by atoms with E-state index in [2.05, 4.69) is 25.5 Å². The molecule has 0 saturated heterocycles. The van der Waals surface area contributed by atoms with E-state index in [9.17, 15) is 4.79 Å². The van der Waals surface area contributed by atoms with Gasteiger partial charge in [-0.3, -0.25) is 9.89 Å². The first kappa shape index (κ1) is 17.9. The second-order valence-electron chi connectivity index (χ2n) is 5.94. The molecule has 9 heteroatoms. The van der Waals surface area contributed by atoms with E-state index in [1.54, 1.807) is 25.3 Å². The number of rotatable bonds is 5. The molecule has 2 heterocycles. The smallest absolute Gasteiger partial charge is 0.256 e. The molecule has 1 amide bonds. The number of fused-ring (bicyclic) bond motifs is 1. The van der Waals surface area contributed by atoms with Gasteiger partial charge >= 0.3 is 0 Å². The van der Waals surface area contributed by atoms with Gasteiger partial charge in [0.15, 0.2) is 11.6 Å². The molecule has 0 bridgehead atoms. The van der Waals surface area contributed by atoms with E-state index in [0.29, 0.717) is 33.7 Å². The van der Waals surface area contributed by atoms with Crippen molar-refractivity contribution >= 4 is 34.4 Å². The van der Waals surface area contributed by atoms with E-state index in [1.165, 1.54) is 13.2 Å². The molecule has 2 aromatic heterocycles. The van der Waals surface area contributed by atoms with Crippen molar-refractivity contribution in [3.8, 4) is 23.0 Å². The fraction of sp³-hybridized carbons (Fsp3) is 0.105. The minimum Gasteiger partial charge on any atom is -0.497 e. The number of imidazole rings is 1. The number of hydrogen-bond donors (Lipinski definition) is 3. The first-order valence-electron chi connectivity index (χ1n) is 8.32. The van der Waals surface area contributed by atoms with Crippen LogP contribution in [0.5, 0.6) is 11.5 Å². The maximum atomic E-state index is 12.4. The molecule has 0 aliphatic heterocycles. The molecular formula is C19H16ClN5O3. The quantitative estimate of drug-likeness (QED) is 0.474. The molecule has 0 aliphatic carbocycles. The zero-order valence-corrected chi connectivity index (χ0v) is 15.8. The van der Waals surface area contributed by atoms with Crippen molar-refractivity contribution in [2.24, 2.45) is 0 Å². The van der Waals surface area contributed by atoms with Crippen LogP contribution >= 0.6 is 11.6 Å². The van der Waals surface area contributed by atoms with Crippen LogP contribution in [0.15, 0.2) is 42.5 Å². The standard InChI is InChI=1S/C19H16ClN5O3/c1-27-11-4-5-13-14(8-11)22-18(21-13)15-9-17(25-24-15)23-19(26)10-3-6-16(28-2)12(20)7-10/h3-9H,1-2H3,(H,21,22)(H2,23,24,25,26). The summed E-state index contributed by atoms with van der Waals surface area (Å²) >= 11 is 6.07. The third-order valence-electron chi connectivity index (χ3n) is 4.18. The Morgan fingerprint density at radius 2 is 1.96 bits per heavy atom. The van der Waals surface area contributed by atoms with Crippen molar-refractivity contribution in [3.05, 3.63) is 53.1 Å². The number of methoxy groups -OCH3 is 2. The van der Waals surface area contributed by atoms with Gasteiger partial charge in [-0.05, 0) is 30.3 Å². The Hall–Kier alpha value is -3.52. The monoisotopic (exact) mass is 397 g/mol. The first-order chi connectivity index (χ1) is 13.6. The summed E-state index contributed by atoms with van der Waals surface area (Å²) < 4.78 is 10.3. The number of hydrogen-bond acceptors (Lipinski definition) is 5. The number of nitrogens with one attached hydrogen (secondary N) is 3. The molecule has 3 N–H and O–H groups in total. The minimum absolute atomic E-state index is 0.336. The number of nitrogens with zero attached hydrogens (tertiary/aromatic N) is 2. The molecule has 0 spiro atoms. The SMILES string of the molecule is COc1ccc2nc(-c3cc(NC(=O)c4ccc(OC)c(Cl)c4)n[nH]3)[nH]c2c1. The molecule has 0 unspecified atom stereocenters. The number of aromatic amines is 2. The second-order valence-corrected chi connectivity index (χ2v) is 6.35. The van der Waals surface area contributed by atoms with E-state index >= 15 is 0 Å². The maximum absolute atomic E-state index is 12.4. The third kappa shape index (κ3) is 3.37. The number of halogens is 1. The Kier molecular flexibility index (Phi) is 4.62. The highest BCUT2D eigenvalue weighted by Crippen LogP contribution is 2.26. The van der Waals surface area contributed by atoms with E-state index in [1.807, 2.05) is 18.2 Å². The van der Waals surface area contributed by atoms with Crippen molar-refractivity contribution < 1.29 is 14.3 Å². The molecule has 0 fully saturated rings. The summed E-state index contributed by atoms with van der Waals surface area (Å²) in [6.45, 7) is 0. The largest absolute Gasteiger partial charge is 0.497 e. The Morgan fingerprint density at radius 1 is 1.11 bits per heavy atom. The molecule has 8 nitrogen and oxygen atoms in total. The lowest BCUT2D eigenvalue weighted by molar-refractivity contribution is 0.102. The van der Waals surface area contributed by atoms with Crippen LogP contribution in [-0.4, -0.2) is 40.3 Å². The fourth-order valence-corrected chi connectivity index (χ4v) is 3.00. The lowest BCUT2D eigenvalue weighted by atomic mass is 10.2. The van der Waals surface area contributed by atoms with Crippen molar-refractivity contribution in [2.75, 3.05) is 19.5 Å². The number of H-pyrrole nitrogens is 2. The summed E-state index contributed by atoms with van der Waals surface area (Å²) in [6, 6.07) is 12.1. The molecule has 0 atom stereocenters. The van der Waals surface area contributed by atoms with Gasteiger partial charge in [0, 0.05) is 17.7 Å². The molecule has 0 radical (unpaired) electrons. The lowest BCUT2D eigenvalue weighted by Crippen LogP contribution is -2.12. The Morgan fingerprint density at radius 3 is 2.71 bits per heavy atom. The number of aromatic nitrogens is 4. The van der Waals surface area contributed by atoms with Crippen LogP contribution in [0.1, 0.15) is 10.4 Å². The average Bonchev–Trinajstić information content (AvgIpc) is 3.33. The third-order valence-corrected chi connectivity index (χ3v) is 4.47. The topological polar surface area (TPSA) is 105 Å². The predicted octanol–water partition coefficient (Wildman–Crippen LogP) is 3.88. The summed E-state index contributed by atoms with van der Waals surface area (Å²) in [5.41, 5.74) is 2.66. The zero-order chi connectivity index (χ0) is 19.7. The minimum atomic E-state index is -0.336. The van der Waals surface area contributed by atoms with Crippen molar-refractivity contribution in [1.29, 1.82) is 0 Å². The van der Waals surface area contributed by atoms with Crippen LogP contribution in [0, 0.1) is 0 Å². The highest BCUT2D eigenvalue weighted by molar-refractivity contribution is 6.32. The summed E-state index contributed by atoms with van der Waals surface area (Å²) in [5.74, 6) is 1.87. The number of benzene rings is 2. The number of ether oxygens (including phenoxy) is 2. The number of amides is 1. The highest BCUT2D eigenvalue weighted by atomic mass is 35.5. The molecule has 28 heavy (non-hydrogen) atoms. The lowest BCUT2D eigenvalue weighted by Gasteiger charge is -2.05. The van der Waals surface area contributed by atoms with Crippen molar-refractivity contribution in [3.63, 3.8) is 0 Å². The summed E-state index contributed by atoms with van der Waals surface area (Å²) in [5, 5.41) is 10.1. The second kappa shape index (κ2) is 7.24. The van der Waals surface area contributed by atoms with Gasteiger partial charge in [0.25, 0.3) is 5.91 Å². The van der Waals surface area contributed by atoms with Gasteiger partial charge in [-0.25, -0.2) is 4.98 Å². The van der Waals surface area contributed by atoms with Gasteiger partial charge < -0.3 is 19.8 Å². The molecule has 0 saturated carbocycles. The van der Waals surface area contributed by atoms with Crippen molar-refractivity contribution in [1.82, 2.24) is 20.2 Å². The summed E-state index contributed by atoms with van der Waals surface area (Å²) in [4.78, 5) is 20.1. The number of carbonyl (C=O) groups excluding carboxylic acids is 1. The molecule has 2 aromatic carbocycles. The maximum Gasteiger partial charge on any atom is 0.256 e. The molecule has 4 rings (SSSR count). The molecule has 4 aromatic rings. The molecule has 0 aliphatic rings. The number of carbonyl (C=O) groups is 1. The highest BCUT2D eigenvalue weighted by Gasteiger charge is 2.13. The predicted molar refractivity (Wildman–Crippen MR) is 106 cm³/mol. The fourth-order valence-electron chi connectivity index (χ4n) is 2.75. The molecular weight excluding hydrogens is 382 g/mol. The Bertz CT molecular complexity index is 1170. The van der Waals surface area contributed by atoms with E-state index in [-0.39, 0.29) is 5.91 Å². The molecule has 142 valence electrons. The van der Waals surface area contributed by atoms with E-state index in [4.69, 9.17) is 21.1 Å².